The third kappa shape index (κ3) is 4.02. The number of fused-ring (bicyclic) bond motifs is 1. The summed E-state index contributed by atoms with van der Waals surface area (Å²) in [4.78, 5) is 29.9. The van der Waals surface area contributed by atoms with Crippen molar-refractivity contribution in [2.24, 2.45) is 0 Å². The lowest BCUT2D eigenvalue weighted by Gasteiger charge is -2.47. The van der Waals surface area contributed by atoms with Crippen LogP contribution < -0.4 is 5.32 Å². The molecule has 0 radical (unpaired) electrons. The molecule has 9 heteroatoms. The summed E-state index contributed by atoms with van der Waals surface area (Å²) in [5.41, 5.74) is -0.126. The van der Waals surface area contributed by atoms with Crippen LogP contribution in [0.4, 0.5) is 18.0 Å². The number of benzene rings is 1. The molecule has 2 fully saturated rings. The number of halogens is 3. The second-order valence-electron chi connectivity index (χ2n) is 7.25. The maximum absolute atomic E-state index is 13.2. The highest BCUT2D eigenvalue weighted by Crippen LogP contribution is 2.31. The van der Waals surface area contributed by atoms with Crippen LogP contribution in [0.3, 0.4) is 0 Å². The van der Waals surface area contributed by atoms with Gasteiger partial charge >= 0.3 is 12.2 Å². The summed E-state index contributed by atoms with van der Waals surface area (Å²) in [6.07, 6.45) is -2.89. The molecule has 2 aromatic rings. The number of nitrogens with one attached hydrogen (secondary N) is 1. The Kier molecular flexibility index (Phi) is 5.35. The Morgan fingerprint density at radius 3 is 2.52 bits per heavy atom. The first-order valence-electron chi connectivity index (χ1n) is 9.38. The predicted molar refractivity (Wildman–Crippen MR) is 102 cm³/mol. The molecule has 5 nitrogen and oxygen atoms in total. The van der Waals surface area contributed by atoms with Gasteiger partial charge < -0.3 is 10.2 Å². The van der Waals surface area contributed by atoms with E-state index in [1.54, 1.807) is 4.90 Å². The third-order valence-corrected chi connectivity index (χ3v) is 6.22. The molecular formula is C20H20F3N3O2S. The molecule has 0 spiro atoms. The first kappa shape index (κ1) is 19.9. The molecule has 0 aliphatic carbocycles. The van der Waals surface area contributed by atoms with E-state index in [1.165, 1.54) is 28.4 Å². The van der Waals surface area contributed by atoms with Crippen molar-refractivity contribution in [1.82, 2.24) is 15.1 Å². The van der Waals surface area contributed by atoms with Gasteiger partial charge in [0.25, 0.3) is 0 Å². The summed E-state index contributed by atoms with van der Waals surface area (Å²) in [6.45, 7) is 1.06. The lowest BCUT2D eigenvalue weighted by Crippen LogP contribution is -2.68. The highest BCUT2D eigenvalue weighted by atomic mass is 32.1. The van der Waals surface area contributed by atoms with E-state index in [0.29, 0.717) is 18.5 Å². The zero-order chi connectivity index (χ0) is 20.6. The van der Waals surface area contributed by atoms with Gasteiger partial charge in [0.1, 0.15) is 6.04 Å². The maximum atomic E-state index is 13.2. The Labute approximate surface area is 170 Å². The number of alkyl halides is 3. The minimum Gasteiger partial charge on any atom is -0.315 e. The average Bonchev–Trinajstić information content (AvgIpc) is 3.21. The van der Waals surface area contributed by atoms with E-state index >= 15 is 0 Å². The normalized spacial score (nSPS) is 22.7. The highest BCUT2D eigenvalue weighted by molar-refractivity contribution is 7.09. The van der Waals surface area contributed by atoms with Gasteiger partial charge in [0.15, 0.2) is 0 Å². The monoisotopic (exact) mass is 423 g/mol. The standard InChI is InChI=1S/C20H20F3N3O2S/c21-20(22,23)14-7-5-13(6-8-14)11-25-16-4-1-9-24-17(16)18(27)26(19(25)28)12-15-3-2-10-29-15/h2-3,5-8,10,16-17,24H,1,4,9,11-12H2. The molecule has 2 atom stereocenters. The molecule has 3 amide bonds. The fourth-order valence-electron chi connectivity index (χ4n) is 3.90. The molecule has 2 aliphatic heterocycles. The van der Waals surface area contributed by atoms with Gasteiger partial charge in [-0.25, -0.2) is 4.79 Å². The van der Waals surface area contributed by atoms with E-state index in [2.05, 4.69) is 5.32 Å². The molecule has 4 rings (SSSR count). The van der Waals surface area contributed by atoms with E-state index in [9.17, 15) is 22.8 Å². The van der Waals surface area contributed by atoms with Crippen molar-refractivity contribution in [3.8, 4) is 0 Å². The summed E-state index contributed by atoms with van der Waals surface area (Å²) in [7, 11) is 0. The van der Waals surface area contributed by atoms with Crippen LogP contribution in [0, 0.1) is 0 Å². The topological polar surface area (TPSA) is 52.7 Å². The summed E-state index contributed by atoms with van der Waals surface area (Å²) in [5.74, 6) is -0.239. The number of rotatable bonds is 4. The Balaban J connectivity index is 1.59. The largest absolute Gasteiger partial charge is 0.416 e. The van der Waals surface area contributed by atoms with Gasteiger partial charge in [-0.15, -0.1) is 11.3 Å². The molecule has 2 saturated heterocycles. The van der Waals surface area contributed by atoms with Gasteiger partial charge in [0.05, 0.1) is 18.2 Å². The number of imide groups is 1. The summed E-state index contributed by atoms with van der Waals surface area (Å²) >= 11 is 1.47. The first-order valence-corrected chi connectivity index (χ1v) is 10.3. The van der Waals surface area contributed by atoms with Crippen molar-refractivity contribution in [3.05, 3.63) is 57.8 Å². The SMILES string of the molecule is O=C1C2NCCCC2N(Cc2ccc(C(F)(F)F)cc2)C(=O)N1Cc1cccs1. The minimum absolute atomic E-state index is 0.161. The number of piperidine rings is 1. The predicted octanol–water partition coefficient (Wildman–Crippen LogP) is 3.85. The van der Waals surface area contributed by atoms with Crippen LogP contribution in [0.5, 0.6) is 0 Å². The first-order chi connectivity index (χ1) is 13.8. The van der Waals surface area contributed by atoms with Crippen LogP contribution in [-0.2, 0) is 24.1 Å². The van der Waals surface area contributed by atoms with Crippen molar-refractivity contribution in [2.45, 2.75) is 44.2 Å². The van der Waals surface area contributed by atoms with E-state index in [0.717, 1.165) is 23.4 Å². The lowest BCUT2D eigenvalue weighted by molar-refractivity contribution is -0.138. The second-order valence-corrected chi connectivity index (χ2v) is 8.28. The van der Waals surface area contributed by atoms with Crippen molar-refractivity contribution in [1.29, 1.82) is 0 Å². The molecule has 3 heterocycles. The molecule has 0 saturated carbocycles. The molecule has 2 aliphatic rings. The number of nitrogens with zero attached hydrogens (tertiary/aromatic N) is 2. The zero-order valence-electron chi connectivity index (χ0n) is 15.5. The van der Waals surface area contributed by atoms with Crippen LogP contribution in [0.2, 0.25) is 0 Å². The molecule has 1 aromatic carbocycles. The highest BCUT2D eigenvalue weighted by Gasteiger charge is 2.47. The molecule has 2 unspecified atom stereocenters. The van der Waals surface area contributed by atoms with Gasteiger partial charge in [-0.1, -0.05) is 18.2 Å². The van der Waals surface area contributed by atoms with Gasteiger partial charge in [-0.2, -0.15) is 13.2 Å². The lowest BCUT2D eigenvalue weighted by atomic mass is 9.93. The zero-order valence-corrected chi connectivity index (χ0v) is 16.3. The van der Waals surface area contributed by atoms with Crippen molar-refractivity contribution in [3.63, 3.8) is 0 Å². The van der Waals surface area contributed by atoms with E-state index in [4.69, 9.17) is 0 Å². The van der Waals surface area contributed by atoms with Crippen LogP contribution in [0.1, 0.15) is 28.8 Å². The van der Waals surface area contributed by atoms with Gasteiger partial charge in [-0.3, -0.25) is 9.69 Å². The quantitative estimate of drug-likeness (QED) is 0.813. The van der Waals surface area contributed by atoms with Gasteiger partial charge in [0, 0.05) is 11.4 Å². The van der Waals surface area contributed by atoms with E-state index in [-0.39, 0.29) is 25.0 Å². The Bertz CT molecular complexity index is 883. The Hall–Kier alpha value is -2.39. The Morgan fingerprint density at radius 2 is 1.86 bits per heavy atom. The van der Waals surface area contributed by atoms with Gasteiger partial charge in [0.2, 0.25) is 5.91 Å². The minimum atomic E-state index is -4.40. The number of amides is 3. The average molecular weight is 423 g/mol. The molecule has 29 heavy (non-hydrogen) atoms. The fraction of sp³-hybridized carbons (Fsp3) is 0.400. The fourth-order valence-corrected chi connectivity index (χ4v) is 4.60. The number of thiophene rings is 1. The van der Waals surface area contributed by atoms with Crippen molar-refractivity contribution in [2.75, 3.05) is 6.54 Å². The molecule has 154 valence electrons. The summed E-state index contributed by atoms with van der Waals surface area (Å²) in [5, 5.41) is 5.10. The smallest absolute Gasteiger partial charge is 0.315 e. The second kappa shape index (κ2) is 7.79. The molecule has 0 bridgehead atoms. The van der Waals surface area contributed by atoms with E-state index < -0.39 is 23.8 Å². The number of urea groups is 1. The van der Waals surface area contributed by atoms with E-state index in [1.807, 2.05) is 17.5 Å². The summed E-state index contributed by atoms with van der Waals surface area (Å²) < 4.78 is 38.5. The number of hydrogen-bond acceptors (Lipinski definition) is 4. The van der Waals surface area contributed by atoms with Crippen LogP contribution in [0.25, 0.3) is 0 Å². The number of hydrogen-bond donors (Lipinski definition) is 1. The van der Waals surface area contributed by atoms with Crippen LogP contribution in [0.15, 0.2) is 41.8 Å². The van der Waals surface area contributed by atoms with Gasteiger partial charge in [-0.05, 0) is 48.5 Å². The molecule has 1 N–H and O–H groups in total. The number of carbonyl (C=O) groups excluding carboxylic acids is 2. The third-order valence-electron chi connectivity index (χ3n) is 5.36. The Morgan fingerprint density at radius 1 is 1.10 bits per heavy atom. The number of carbonyl (C=O) groups is 2. The molecule has 1 aromatic heterocycles. The van der Waals surface area contributed by atoms with Crippen LogP contribution >= 0.6 is 11.3 Å². The van der Waals surface area contributed by atoms with Crippen molar-refractivity contribution >= 4 is 23.3 Å². The molecular weight excluding hydrogens is 403 g/mol. The summed E-state index contributed by atoms with van der Waals surface area (Å²) in [6, 6.07) is 7.37. The van der Waals surface area contributed by atoms with Crippen LogP contribution in [-0.4, -0.2) is 40.4 Å². The van der Waals surface area contributed by atoms with Crippen molar-refractivity contribution < 1.29 is 22.8 Å². The maximum Gasteiger partial charge on any atom is 0.416 e.